The third-order valence-corrected chi connectivity index (χ3v) is 5.01. The lowest BCUT2D eigenvalue weighted by Gasteiger charge is -2.53. The number of carbonyl (C=O) groups is 2. The van der Waals surface area contributed by atoms with E-state index in [2.05, 4.69) is 4.98 Å². The number of halogens is 1. The molecule has 1 aromatic rings. The van der Waals surface area contributed by atoms with Gasteiger partial charge in [-0.25, -0.2) is 9.37 Å². The van der Waals surface area contributed by atoms with Gasteiger partial charge in [-0.2, -0.15) is 0 Å². The Morgan fingerprint density at radius 2 is 2.09 bits per heavy atom. The third-order valence-electron chi connectivity index (χ3n) is 5.01. The van der Waals surface area contributed by atoms with Gasteiger partial charge in [-0.1, -0.05) is 0 Å². The highest BCUT2D eigenvalue weighted by Crippen LogP contribution is 2.50. The first-order valence-corrected chi connectivity index (χ1v) is 7.81. The Morgan fingerprint density at radius 1 is 1.35 bits per heavy atom. The van der Waals surface area contributed by atoms with Crippen LogP contribution in [0.25, 0.3) is 0 Å². The summed E-state index contributed by atoms with van der Waals surface area (Å²) in [6, 6.07) is 2.65. The number of piperidine rings is 1. The molecule has 0 bridgehead atoms. The average Bonchev–Trinajstić information content (AvgIpc) is 2.54. The number of primary amides is 1. The standard InChI is InChI=1S/C16H20FN3O3/c17-11-1-2-12(19-9-11)15(22)20-7-5-16(6-8-20)4-3-13(16)23-10-14(18)21/h1-2,9,13H,3-8,10H2,(H2,18,21). The van der Waals surface area contributed by atoms with Crippen molar-refractivity contribution in [1.82, 2.24) is 9.88 Å². The predicted molar refractivity (Wildman–Crippen MR) is 79.9 cm³/mol. The van der Waals surface area contributed by atoms with Crippen LogP contribution >= 0.6 is 0 Å². The number of carbonyl (C=O) groups excluding carboxylic acids is 2. The maximum Gasteiger partial charge on any atom is 0.272 e. The second-order valence-corrected chi connectivity index (χ2v) is 6.32. The summed E-state index contributed by atoms with van der Waals surface area (Å²) < 4.78 is 18.5. The van der Waals surface area contributed by atoms with E-state index < -0.39 is 11.7 Å². The number of hydrogen-bond donors (Lipinski definition) is 1. The maximum atomic E-state index is 12.9. The first-order valence-electron chi connectivity index (χ1n) is 7.81. The molecule has 2 amide bonds. The summed E-state index contributed by atoms with van der Waals surface area (Å²) in [4.78, 5) is 28.8. The third kappa shape index (κ3) is 3.19. The molecule has 124 valence electrons. The molecule has 1 aliphatic heterocycles. The lowest BCUT2D eigenvalue weighted by atomic mass is 9.60. The van der Waals surface area contributed by atoms with E-state index in [1.54, 1.807) is 4.90 Å². The summed E-state index contributed by atoms with van der Waals surface area (Å²) in [7, 11) is 0. The van der Waals surface area contributed by atoms with Crippen molar-refractivity contribution in [1.29, 1.82) is 0 Å². The smallest absolute Gasteiger partial charge is 0.272 e. The largest absolute Gasteiger partial charge is 0.368 e. The zero-order chi connectivity index (χ0) is 16.4. The fourth-order valence-electron chi connectivity index (χ4n) is 3.50. The number of pyridine rings is 1. The van der Waals surface area contributed by atoms with Crippen LogP contribution in [0, 0.1) is 11.2 Å². The molecule has 2 N–H and O–H groups in total. The van der Waals surface area contributed by atoms with E-state index in [1.165, 1.54) is 12.1 Å². The molecule has 2 aliphatic rings. The van der Waals surface area contributed by atoms with Crippen molar-refractivity contribution < 1.29 is 18.7 Å². The van der Waals surface area contributed by atoms with Gasteiger partial charge in [-0.05, 0) is 37.8 Å². The molecule has 0 aromatic carbocycles. The Hall–Kier alpha value is -2.02. The number of amides is 2. The van der Waals surface area contributed by atoms with Crippen molar-refractivity contribution in [3.05, 3.63) is 29.8 Å². The van der Waals surface area contributed by atoms with Crippen LogP contribution in [-0.2, 0) is 9.53 Å². The molecule has 1 aliphatic carbocycles. The Morgan fingerprint density at radius 3 is 2.61 bits per heavy atom. The van der Waals surface area contributed by atoms with Gasteiger partial charge in [0.15, 0.2) is 0 Å². The highest BCUT2D eigenvalue weighted by molar-refractivity contribution is 5.92. The molecular weight excluding hydrogens is 301 g/mol. The normalized spacial score (nSPS) is 22.7. The molecule has 2 fully saturated rings. The Balaban J connectivity index is 1.57. The second kappa shape index (κ2) is 6.23. The molecule has 1 spiro atoms. The lowest BCUT2D eigenvalue weighted by molar-refractivity contribution is -0.149. The van der Waals surface area contributed by atoms with Crippen LogP contribution in [0.2, 0.25) is 0 Å². The highest BCUT2D eigenvalue weighted by atomic mass is 19.1. The molecule has 1 unspecified atom stereocenters. The highest BCUT2D eigenvalue weighted by Gasteiger charge is 2.49. The fraction of sp³-hybridized carbons (Fsp3) is 0.562. The summed E-state index contributed by atoms with van der Waals surface area (Å²) in [5, 5.41) is 0. The van der Waals surface area contributed by atoms with E-state index in [1.807, 2.05) is 0 Å². The van der Waals surface area contributed by atoms with Crippen LogP contribution in [0.1, 0.15) is 36.2 Å². The molecule has 2 heterocycles. The molecule has 1 aromatic heterocycles. The Labute approximate surface area is 133 Å². The van der Waals surface area contributed by atoms with Crippen LogP contribution in [0.3, 0.4) is 0 Å². The Bertz CT molecular complexity index is 597. The lowest BCUT2D eigenvalue weighted by Crippen LogP contribution is -2.54. The molecule has 0 radical (unpaired) electrons. The quantitative estimate of drug-likeness (QED) is 0.900. The number of ether oxygens (including phenoxy) is 1. The van der Waals surface area contributed by atoms with Gasteiger partial charge in [0.25, 0.3) is 5.91 Å². The van der Waals surface area contributed by atoms with Crippen molar-refractivity contribution in [3.63, 3.8) is 0 Å². The van der Waals surface area contributed by atoms with Crippen LogP contribution in [-0.4, -0.2) is 47.5 Å². The van der Waals surface area contributed by atoms with Crippen molar-refractivity contribution in [2.24, 2.45) is 11.1 Å². The van der Waals surface area contributed by atoms with E-state index in [0.29, 0.717) is 13.1 Å². The average molecular weight is 321 g/mol. The maximum absolute atomic E-state index is 12.9. The number of likely N-dealkylation sites (tertiary alicyclic amines) is 1. The van der Waals surface area contributed by atoms with E-state index in [-0.39, 0.29) is 29.7 Å². The van der Waals surface area contributed by atoms with Crippen LogP contribution < -0.4 is 5.73 Å². The summed E-state index contributed by atoms with van der Waals surface area (Å²) in [5.41, 5.74) is 5.44. The molecule has 1 saturated heterocycles. The minimum Gasteiger partial charge on any atom is -0.368 e. The van der Waals surface area contributed by atoms with Gasteiger partial charge in [-0.3, -0.25) is 9.59 Å². The van der Waals surface area contributed by atoms with Gasteiger partial charge < -0.3 is 15.4 Å². The number of nitrogens with two attached hydrogens (primary N) is 1. The number of rotatable bonds is 4. The minimum atomic E-state index is -0.456. The van der Waals surface area contributed by atoms with Crippen molar-refractivity contribution in [2.45, 2.75) is 31.8 Å². The molecular formula is C16H20FN3O3. The van der Waals surface area contributed by atoms with Gasteiger partial charge in [0.05, 0.1) is 12.3 Å². The monoisotopic (exact) mass is 321 g/mol. The molecule has 3 rings (SSSR count). The predicted octanol–water partition coefficient (Wildman–Crippen LogP) is 1.11. The minimum absolute atomic E-state index is 0.0471. The number of hydrogen-bond acceptors (Lipinski definition) is 4. The van der Waals surface area contributed by atoms with Crippen molar-refractivity contribution >= 4 is 11.8 Å². The van der Waals surface area contributed by atoms with E-state index >= 15 is 0 Å². The topological polar surface area (TPSA) is 85.5 Å². The zero-order valence-corrected chi connectivity index (χ0v) is 12.8. The van der Waals surface area contributed by atoms with Crippen molar-refractivity contribution in [3.8, 4) is 0 Å². The summed E-state index contributed by atoms with van der Waals surface area (Å²) in [6.45, 7) is 1.19. The first-order chi connectivity index (χ1) is 11.0. The number of aromatic nitrogens is 1. The molecule has 23 heavy (non-hydrogen) atoms. The molecule has 6 nitrogen and oxygen atoms in total. The molecule has 7 heteroatoms. The van der Waals surface area contributed by atoms with E-state index in [9.17, 15) is 14.0 Å². The van der Waals surface area contributed by atoms with Gasteiger partial charge >= 0.3 is 0 Å². The second-order valence-electron chi connectivity index (χ2n) is 6.32. The van der Waals surface area contributed by atoms with Gasteiger partial charge in [0, 0.05) is 18.5 Å². The van der Waals surface area contributed by atoms with E-state index in [0.717, 1.165) is 31.9 Å². The van der Waals surface area contributed by atoms with Crippen LogP contribution in [0.15, 0.2) is 18.3 Å². The molecule has 1 atom stereocenters. The summed E-state index contributed by atoms with van der Waals surface area (Å²) >= 11 is 0. The number of nitrogens with zero attached hydrogens (tertiary/aromatic N) is 2. The van der Waals surface area contributed by atoms with Gasteiger partial charge in [0.1, 0.15) is 18.1 Å². The van der Waals surface area contributed by atoms with Crippen LogP contribution in [0.5, 0.6) is 0 Å². The fourth-order valence-corrected chi connectivity index (χ4v) is 3.50. The van der Waals surface area contributed by atoms with E-state index in [4.69, 9.17) is 10.5 Å². The first kappa shape index (κ1) is 15.9. The van der Waals surface area contributed by atoms with Crippen LogP contribution in [0.4, 0.5) is 4.39 Å². The summed E-state index contributed by atoms with van der Waals surface area (Å²) in [5.74, 6) is -1.08. The summed E-state index contributed by atoms with van der Waals surface area (Å²) in [6.07, 6.45) is 4.76. The van der Waals surface area contributed by atoms with Crippen molar-refractivity contribution in [2.75, 3.05) is 19.7 Å². The Kier molecular flexibility index (Phi) is 4.30. The molecule has 1 saturated carbocycles. The van der Waals surface area contributed by atoms with Gasteiger partial charge in [-0.15, -0.1) is 0 Å². The SMILES string of the molecule is NC(=O)COC1CCC12CCN(C(=O)c1ccc(F)cn1)CC2. The van der Waals surface area contributed by atoms with Gasteiger partial charge in [0.2, 0.25) is 5.91 Å². The zero-order valence-electron chi connectivity index (χ0n) is 12.8.